The zero-order valence-electron chi connectivity index (χ0n) is 9.93. The number of hydrogen-bond donors (Lipinski definition) is 0. The first-order valence-electron chi connectivity index (χ1n) is 5.74. The number of ketones is 1. The zero-order valence-corrected chi connectivity index (χ0v) is 10.8. The average Bonchev–Trinajstić information content (AvgIpc) is 2.84. The Bertz CT molecular complexity index is 601. The van der Waals surface area contributed by atoms with Gasteiger partial charge in [-0.25, -0.2) is 0 Å². The van der Waals surface area contributed by atoms with E-state index < -0.39 is 0 Å². The molecule has 3 rings (SSSR count). The summed E-state index contributed by atoms with van der Waals surface area (Å²) in [5.41, 5.74) is 1.28. The van der Waals surface area contributed by atoms with Crippen LogP contribution in [0.25, 0.3) is 0 Å². The molecule has 1 aromatic carbocycles. The van der Waals surface area contributed by atoms with E-state index in [1.807, 2.05) is 30.5 Å². The topological polar surface area (TPSA) is 35.5 Å². The molecule has 0 saturated carbocycles. The van der Waals surface area contributed by atoms with Crippen LogP contribution in [0.15, 0.2) is 29.6 Å². The lowest BCUT2D eigenvalue weighted by Gasteiger charge is -2.20. The summed E-state index contributed by atoms with van der Waals surface area (Å²) in [6.07, 6.45) is 0. The maximum atomic E-state index is 12.4. The second-order valence-corrected chi connectivity index (χ2v) is 5.22. The van der Waals surface area contributed by atoms with Crippen molar-refractivity contribution in [3.05, 3.63) is 45.6 Å². The van der Waals surface area contributed by atoms with E-state index in [1.165, 1.54) is 0 Å². The van der Waals surface area contributed by atoms with Gasteiger partial charge in [0.2, 0.25) is 0 Å². The molecule has 0 amide bonds. The first-order valence-corrected chi connectivity index (χ1v) is 6.62. The van der Waals surface area contributed by atoms with Crippen LogP contribution >= 0.6 is 11.3 Å². The number of rotatable bonds is 2. The number of fused-ring (bicyclic) bond motifs is 1. The van der Waals surface area contributed by atoms with Gasteiger partial charge in [0.05, 0.1) is 5.56 Å². The van der Waals surface area contributed by atoms with E-state index >= 15 is 0 Å². The number of benzene rings is 1. The number of carbonyl (C=O) groups excluding carboxylic acids is 1. The van der Waals surface area contributed by atoms with Crippen LogP contribution in [0, 0.1) is 6.92 Å². The Morgan fingerprint density at radius 1 is 1.28 bits per heavy atom. The van der Waals surface area contributed by atoms with Gasteiger partial charge in [0.25, 0.3) is 0 Å². The van der Waals surface area contributed by atoms with E-state index in [4.69, 9.17) is 9.47 Å². The molecule has 0 fully saturated rings. The third-order valence-corrected chi connectivity index (χ3v) is 3.66. The fraction of sp³-hybridized carbons (Fsp3) is 0.214. The second-order valence-electron chi connectivity index (χ2n) is 4.10. The molecule has 3 nitrogen and oxygen atoms in total. The zero-order chi connectivity index (χ0) is 12.5. The van der Waals surface area contributed by atoms with E-state index in [0.29, 0.717) is 35.8 Å². The Morgan fingerprint density at radius 2 is 2.11 bits per heavy atom. The van der Waals surface area contributed by atoms with Gasteiger partial charge in [-0.1, -0.05) is 6.07 Å². The van der Waals surface area contributed by atoms with Crippen molar-refractivity contribution in [1.29, 1.82) is 0 Å². The highest BCUT2D eigenvalue weighted by Crippen LogP contribution is 2.35. The molecule has 18 heavy (non-hydrogen) atoms. The largest absolute Gasteiger partial charge is 0.486 e. The quantitative estimate of drug-likeness (QED) is 0.778. The molecule has 0 radical (unpaired) electrons. The first-order chi connectivity index (χ1) is 8.75. The van der Waals surface area contributed by atoms with Crippen LogP contribution in [0.4, 0.5) is 0 Å². The molecule has 0 unspecified atom stereocenters. The number of para-hydroxylation sites is 1. The monoisotopic (exact) mass is 260 g/mol. The number of aryl methyl sites for hydroxylation is 1. The minimum Gasteiger partial charge on any atom is -0.486 e. The van der Waals surface area contributed by atoms with Crippen molar-refractivity contribution in [1.82, 2.24) is 0 Å². The van der Waals surface area contributed by atoms with Gasteiger partial charge in [0.1, 0.15) is 13.2 Å². The fourth-order valence-electron chi connectivity index (χ4n) is 1.97. The standard InChI is InChI=1S/C14H12O3S/c1-9-7-10(8-18-9)13(15)11-3-2-4-12-14(11)17-6-5-16-12/h2-4,7-8H,5-6H2,1H3. The van der Waals surface area contributed by atoms with Gasteiger partial charge in [0.15, 0.2) is 17.3 Å². The van der Waals surface area contributed by atoms with Crippen molar-refractivity contribution in [2.45, 2.75) is 6.92 Å². The Hall–Kier alpha value is -1.81. The minimum absolute atomic E-state index is 0.0123. The molecule has 0 N–H and O–H groups in total. The first kappa shape index (κ1) is 11.3. The molecule has 0 atom stereocenters. The molecule has 4 heteroatoms. The van der Waals surface area contributed by atoms with Gasteiger partial charge >= 0.3 is 0 Å². The van der Waals surface area contributed by atoms with Crippen molar-refractivity contribution < 1.29 is 14.3 Å². The summed E-state index contributed by atoms with van der Waals surface area (Å²) >= 11 is 1.57. The van der Waals surface area contributed by atoms with Gasteiger partial charge in [-0.2, -0.15) is 0 Å². The molecule has 2 heterocycles. The Labute approximate surface area is 109 Å². The summed E-state index contributed by atoms with van der Waals surface area (Å²) in [6, 6.07) is 7.32. The van der Waals surface area contributed by atoms with Crippen molar-refractivity contribution in [2.24, 2.45) is 0 Å². The van der Waals surface area contributed by atoms with E-state index in [-0.39, 0.29) is 5.78 Å². The van der Waals surface area contributed by atoms with Gasteiger partial charge in [-0.3, -0.25) is 4.79 Å². The lowest BCUT2D eigenvalue weighted by molar-refractivity contribution is 0.102. The SMILES string of the molecule is Cc1cc(C(=O)c2cccc3c2OCCO3)cs1. The number of ether oxygens (including phenoxy) is 2. The average molecular weight is 260 g/mol. The van der Waals surface area contributed by atoms with E-state index in [1.54, 1.807) is 17.4 Å². The van der Waals surface area contributed by atoms with Crippen LogP contribution in [0.5, 0.6) is 11.5 Å². The van der Waals surface area contributed by atoms with E-state index in [9.17, 15) is 4.79 Å². The van der Waals surface area contributed by atoms with Crippen LogP contribution < -0.4 is 9.47 Å². The van der Waals surface area contributed by atoms with Gasteiger partial charge in [-0.15, -0.1) is 11.3 Å². The maximum Gasteiger partial charge on any atom is 0.197 e. The highest BCUT2D eigenvalue weighted by molar-refractivity contribution is 7.10. The molecule has 0 spiro atoms. The molecule has 0 bridgehead atoms. The molecule has 2 aromatic rings. The Balaban J connectivity index is 2.04. The fourth-order valence-corrected chi connectivity index (χ4v) is 2.65. The highest BCUT2D eigenvalue weighted by atomic mass is 32.1. The lowest BCUT2D eigenvalue weighted by atomic mass is 10.0. The summed E-state index contributed by atoms with van der Waals surface area (Å²) in [5.74, 6) is 1.21. The summed E-state index contributed by atoms with van der Waals surface area (Å²) in [6.45, 7) is 3.00. The number of thiophene rings is 1. The molecule has 0 aliphatic carbocycles. The molecule has 1 aromatic heterocycles. The second kappa shape index (κ2) is 4.46. The van der Waals surface area contributed by atoms with Crippen molar-refractivity contribution in [3.63, 3.8) is 0 Å². The Kier molecular flexibility index (Phi) is 2.80. The predicted molar refractivity (Wildman–Crippen MR) is 69.9 cm³/mol. The summed E-state index contributed by atoms with van der Waals surface area (Å²) < 4.78 is 11.0. The van der Waals surface area contributed by atoms with Crippen LogP contribution in [0.3, 0.4) is 0 Å². The van der Waals surface area contributed by atoms with E-state index in [0.717, 1.165) is 4.88 Å². The molecular weight excluding hydrogens is 248 g/mol. The smallest absolute Gasteiger partial charge is 0.197 e. The van der Waals surface area contributed by atoms with Crippen molar-refractivity contribution >= 4 is 17.1 Å². The third kappa shape index (κ3) is 1.88. The van der Waals surface area contributed by atoms with Crippen molar-refractivity contribution in [3.8, 4) is 11.5 Å². The summed E-state index contributed by atoms with van der Waals surface area (Å²) in [4.78, 5) is 13.5. The highest BCUT2D eigenvalue weighted by Gasteiger charge is 2.21. The summed E-state index contributed by atoms with van der Waals surface area (Å²) in [5, 5.41) is 1.88. The Morgan fingerprint density at radius 3 is 2.89 bits per heavy atom. The number of carbonyl (C=O) groups is 1. The number of hydrogen-bond acceptors (Lipinski definition) is 4. The molecular formula is C14H12O3S. The van der Waals surface area contributed by atoms with Gasteiger partial charge in [0, 0.05) is 15.8 Å². The predicted octanol–water partition coefficient (Wildman–Crippen LogP) is 3.06. The molecule has 92 valence electrons. The van der Waals surface area contributed by atoms with Crippen molar-refractivity contribution in [2.75, 3.05) is 13.2 Å². The molecule has 1 aliphatic rings. The maximum absolute atomic E-state index is 12.4. The minimum atomic E-state index is -0.0123. The van der Waals surface area contributed by atoms with Gasteiger partial charge in [-0.05, 0) is 25.1 Å². The van der Waals surface area contributed by atoms with E-state index in [2.05, 4.69) is 0 Å². The third-order valence-electron chi connectivity index (χ3n) is 2.80. The molecule has 0 saturated heterocycles. The molecule has 1 aliphatic heterocycles. The van der Waals surface area contributed by atoms with Crippen LogP contribution in [0.1, 0.15) is 20.8 Å². The van der Waals surface area contributed by atoms with Crippen LogP contribution in [-0.2, 0) is 0 Å². The normalized spacial score (nSPS) is 13.4. The lowest BCUT2D eigenvalue weighted by Crippen LogP contribution is -2.17. The van der Waals surface area contributed by atoms with Crippen LogP contribution in [0.2, 0.25) is 0 Å². The van der Waals surface area contributed by atoms with Gasteiger partial charge < -0.3 is 9.47 Å². The summed E-state index contributed by atoms with van der Waals surface area (Å²) in [7, 11) is 0. The van der Waals surface area contributed by atoms with Crippen LogP contribution in [-0.4, -0.2) is 19.0 Å².